The van der Waals surface area contributed by atoms with Crippen LogP contribution in [0, 0.1) is 11.3 Å². The molecule has 0 aliphatic rings. The van der Waals surface area contributed by atoms with E-state index in [9.17, 15) is 9.90 Å². The molecule has 0 saturated carbocycles. The highest BCUT2D eigenvalue weighted by atomic mass is 16.5. The molecule has 0 aromatic carbocycles. The van der Waals surface area contributed by atoms with Crippen LogP contribution in [0.1, 0.15) is 32.1 Å². The SMILES string of the molecule is N#CCCC(CCCC(=O)[O-])Oc1cccnc1. The standard InChI is InChI=1S/C13H16N2O3/c14-8-2-5-11(4-1-7-13(16)17)18-12-6-3-9-15-10-12/h3,6,9-11H,1-2,4-5,7H2,(H,16,17)/p-1. The van der Waals surface area contributed by atoms with Gasteiger partial charge in [0, 0.05) is 18.6 Å². The van der Waals surface area contributed by atoms with Crippen molar-refractivity contribution in [2.24, 2.45) is 0 Å². The molecule has 1 rings (SSSR count). The molecule has 18 heavy (non-hydrogen) atoms. The van der Waals surface area contributed by atoms with Gasteiger partial charge in [0.1, 0.15) is 5.75 Å². The molecular weight excluding hydrogens is 232 g/mol. The van der Waals surface area contributed by atoms with E-state index in [-0.39, 0.29) is 12.5 Å². The van der Waals surface area contributed by atoms with Crippen molar-refractivity contribution in [2.45, 2.75) is 38.2 Å². The molecule has 0 fully saturated rings. The van der Waals surface area contributed by atoms with Gasteiger partial charge < -0.3 is 14.6 Å². The molecule has 1 unspecified atom stereocenters. The average molecular weight is 247 g/mol. The average Bonchev–Trinajstić information content (AvgIpc) is 2.36. The lowest BCUT2D eigenvalue weighted by molar-refractivity contribution is -0.305. The summed E-state index contributed by atoms with van der Waals surface area (Å²) in [5.74, 6) is -0.427. The van der Waals surface area contributed by atoms with Gasteiger partial charge in [-0.2, -0.15) is 5.26 Å². The van der Waals surface area contributed by atoms with Gasteiger partial charge in [0.25, 0.3) is 0 Å². The van der Waals surface area contributed by atoms with E-state index in [1.807, 2.05) is 0 Å². The van der Waals surface area contributed by atoms with E-state index in [0.717, 1.165) is 0 Å². The third-order valence-electron chi connectivity index (χ3n) is 2.42. The lowest BCUT2D eigenvalue weighted by Gasteiger charge is -2.18. The van der Waals surface area contributed by atoms with Gasteiger partial charge >= 0.3 is 0 Å². The second kappa shape index (κ2) is 8.07. The van der Waals surface area contributed by atoms with Crippen molar-refractivity contribution in [2.75, 3.05) is 0 Å². The molecule has 0 N–H and O–H groups in total. The second-order valence-electron chi connectivity index (χ2n) is 3.89. The number of carbonyl (C=O) groups excluding carboxylic acids is 1. The van der Waals surface area contributed by atoms with Gasteiger partial charge in [-0.25, -0.2) is 0 Å². The fourth-order valence-electron chi connectivity index (χ4n) is 1.57. The molecule has 0 amide bonds. The first-order chi connectivity index (χ1) is 8.72. The number of carbonyl (C=O) groups is 1. The van der Waals surface area contributed by atoms with Crippen LogP contribution in [0.3, 0.4) is 0 Å². The number of rotatable bonds is 8. The van der Waals surface area contributed by atoms with Crippen molar-refractivity contribution in [3.05, 3.63) is 24.5 Å². The number of carboxylic acid groups (broad SMARTS) is 1. The quantitative estimate of drug-likeness (QED) is 0.685. The number of ether oxygens (including phenoxy) is 1. The summed E-state index contributed by atoms with van der Waals surface area (Å²) in [6, 6.07) is 5.60. The Kier molecular flexibility index (Phi) is 6.26. The first kappa shape index (κ1) is 14.0. The van der Waals surface area contributed by atoms with Gasteiger partial charge in [-0.3, -0.25) is 4.98 Å². The van der Waals surface area contributed by atoms with Crippen LogP contribution < -0.4 is 9.84 Å². The fraction of sp³-hybridized carbons (Fsp3) is 0.462. The Balaban J connectivity index is 2.45. The first-order valence-electron chi connectivity index (χ1n) is 5.86. The Morgan fingerprint density at radius 3 is 3.00 bits per heavy atom. The minimum Gasteiger partial charge on any atom is -0.550 e. The highest BCUT2D eigenvalue weighted by Crippen LogP contribution is 2.16. The minimum atomic E-state index is -1.06. The summed E-state index contributed by atoms with van der Waals surface area (Å²) in [5, 5.41) is 18.9. The van der Waals surface area contributed by atoms with Gasteiger partial charge in [-0.1, -0.05) is 0 Å². The molecule has 0 aliphatic heterocycles. The Bertz CT molecular complexity index is 400. The lowest BCUT2D eigenvalue weighted by Crippen LogP contribution is -2.23. The fourth-order valence-corrected chi connectivity index (χ4v) is 1.57. The summed E-state index contributed by atoms with van der Waals surface area (Å²) < 4.78 is 5.67. The van der Waals surface area contributed by atoms with Crippen molar-refractivity contribution in [3.8, 4) is 11.8 Å². The number of aliphatic carboxylic acids is 1. The normalized spacial score (nSPS) is 11.5. The van der Waals surface area contributed by atoms with Gasteiger partial charge in [0.15, 0.2) is 0 Å². The summed E-state index contributed by atoms with van der Waals surface area (Å²) in [7, 11) is 0. The molecule has 1 heterocycles. The summed E-state index contributed by atoms with van der Waals surface area (Å²) in [4.78, 5) is 14.3. The van der Waals surface area contributed by atoms with Crippen molar-refractivity contribution in [3.63, 3.8) is 0 Å². The lowest BCUT2D eigenvalue weighted by atomic mass is 10.1. The van der Waals surface area contributed by atoms with E-state index >= 15 is 0 Å². The number of aromatic nitrogens is 1. The zero-order chi connectivity index (χ0) is 13.2. The Morgan fingerprint density at radius 2 is 2.39 bits per heavy atom. The van der Waals surface area contributed by atoms with E-state index < -0.39 is 5.97 Å². The summed E-state index contributed by atoms with van der Waals surface area (Å²) >= 11 is 0. The molecular formula is C13H15N2O3-. The first-order valence-corrected chi connectivity index (χ1v) is 5.86. The zero-order valence-electron chi connectivity index (χ0n) is 10.0. The predicted molar refractivity (Wildman–Crippen MR) is 62.4 cm³/mol. The predicted octanol–water partition coefficient (Wildman–Crippen LogP) is 1.05. The third-order valence-corrected chi connectivity index (χ3v) is 2.42. The maximum Gasteiger partial charge on any atom is 0.137 e. The van der Waals surface area contributed by atoms with E-state index in [4.69, 9.17) is 10.00 Å². The van der Waals surface area contributed by atoms with Crippen LogP contribution in [-0.4, -0.2) is 17.1 Å². The number of nitriles is 1. The molecule has 0 radical (unpaired) electrons. The maximum atomic E-state index is 10.3. The van der Waals surface area contributed by atoms with Crippen LogP contribution in [0.5, 0.6) is 5.75 Å². The second-order valence-corrected chi connectivity index (χ2v) is 3.89. The van der Waals surface area contributed by atoms with Crippen LogP contribution in [0.4, 0.5) is 0 Å². The monoisotopic (exact) mass is 247 g/mol. The Labute approximate surface area is 106 Å². The maximum absolute atomic E-state index is 10.3. The smallest absolute Gasteiger partial charge is 0.137 e. The molecule has 1 aromatic rings. The third kappa shape index (κ3) is 5.85. The molecule has 0 aliphatic carbocycles. The van der Waals surface area contributed by atoms with Gasteiger partial charge in [0.05, 0.1) is 18.4 Å². The van der Waals surface area contributed by atoms with E-state index in [1.54, 1.807) is 24.5 Å². The van der Waals surface area contributed by atoms with Crippen molar-refractivity contribution >= 4 is 5.97 Å². The van der Waals surface area contributed by atoms with E-state index in [1.165, 1.54) is 0 Å². The van der Waals surface area contributed by atoms with E-state index in [2.05, 4.69) is 11.1 Å². The number of pyridine rings is 1. The van der Waals surface area contributed by atoms with E-state index in [0.29, 0.717) is 31.4 Å². The van der Waals surface area contributed by atoms with Gasteiger partial charge in [-0.05, 0) is 37.8 Å². The number of hydrogen-bond acceptors (Lipinski definition) is 5. The molecule has 96 valence electrons. The van der Waals surface area contributed by atoms with Crippen LogP contribution in [0.15, 0.2) is 24.5 Å². The van der Waals surface area contributed by atoms with Gasteiger partial charge in [-0.15, -0.1) is 0 Å². The number of carboxylic acids is 1. The van der Waals surface area contributed by atoms with Crippen LogP contribution in [0.25, 0.3) is 0 Å². The molecule has 5 heteroatoms. The molecule has 0 spiro atoms. The molecule has 5 nitrogen and oxygen atoms in total. The summed E-state index contributed by atoms with van der Waals surface area (Å²) in [6.07, 6.45) is 5.14. The highest BCUT2D eigenvalue weighted by Gasteiger charge is 2.10. The summed E-state index contributed by atoms with van der Waals surface area (Å²) in [6.45, 7) is 0. The molecule has 1 atom stereocenters. The molecule has 0 bridgehead atoms. The largest absolute Gasteiger partial charge is 0.550 e. The molecule has 0 saturated heterocycles. The number of hydrogen-bond donors (Lipinski definition) is 0. The van der Waals surface area contributed by atoms with Crippen molar-refractivity contribution in [1.29, 1.82) is 5.26 Å². The van der Waals surface area contributed by atoms with Crippen molar-refractivity contribution < 1.29 is 14.6 Å². The summed E-state index contributed by atoms with van der Waals surface area (Å²) in [5.41, 5.74) is 0. The zero-order valence-corrected chi connectivity index (χ0v) is 10.0. The van der Waals surface area contributed by atoms with Crippen LogP contribution in [-0.2, 0) is 4.79 Å². The number of nitrogens with zero attached hydrogens (tertiary/aromatic N) is 2. The van der Waals surface area contributed by atoms with Crippen molar-refractivity contribution in [1.82, 2.24) is 4.98 Å². The highest BCUT2D eigenvalue weighted by molar-refractivity contribution is 5.64. The van der Waals surface area contributed by atoms with Crippen LogP contribution in [0.2, 0.25) is 0 Å². The van der Waals surface area contributed by atoms with Crippen LogP contribution >= 0.6 is 0 Å². The Morgan fingerprint density at radius 1 is 1.56 bits per heavy atom. The molecule has 1 aromatic heterocycles. The van der Waals surface area contributed by atoms with Gasteiger partial charge in [0.2, 0.25) is 0 Å². The topological polar surface area (TPSA) is 86.0 Å². The minimum absolute atomic E-state index is 0.0133. The Hall–Kier alpha value is -2.09.